The number of hydrogen-bond acceptors (Lipinski definition) is 3. The Morgan fingerprint density at radius 3 is 2.95 bits per heavy atom. The number of benzene rings is 1. The van der Waals surface area contributed by atoms with Gasteiger partial charge in [0, 0.05) is 18.7 Å². The summed E-state index contributed by atoms with van der Waals surface area (Å²) in [7, 11) is 1.60. The number of ether oxygens (including phenoxy) is 1. The van der Waals surface area contributed by atoms with Gasteiger partial charge in [0.25, 0.3) is 0 Å². The third-order valence-electron chi connectivity index (χ3n) is 3.19. The molecule has 0 fully saturated rings. The van der Waals surface area contributed by atoms with E-state index in [9.17, 15) is 9.59 Å². The monoisotopic (exact) mass is 264 g/mol. The molecule has 0 bridgehead atoms. The van der Waals surface area contributed by atoms with E-state index < -0.39 is 6.09 Å². The molecule has 0 saturated heterocycles. The zero-order chi connectivity index (χ0) is 13.8. The van der Waals surface area contributed by atoms with Crippen LogP contribution in [0.1, 0.15) is 11.1 Å². The smallest absolute Gasteiger partial charge is 0.405 e. The number of rotatable bonds is 3. The molecule has 1 aliphatic rings. The molecular formula is C13H16N2O4. The van der Waals surface area contributed by atoms with Crippen LogP contribution in [-0.2, 0) is 17.8 Å². The van der Waals surface area contributed by atoms with Crippen LogP contribution in [0.2, 0.25) is 0 Å². The minimum atomic E-state index is -1.19. The number of carbonyl (C=O) groups is 2. The van der Waals surface area contributed by atoms with Gasteiger partial charge in [0.15, 0.2) is 0 Å². The molecule has 1 heterocycles. The van der Waals surface area contributed by atoms with Crippen LogP contribution in [-0.4, -0.2) is 42.2 Å². The molecule has 0 atom stereocenters. The van der Waals surface area contributed by atoms with Crippen molar-refractivity contribution in [1.82, 2.24) is 10.2 Å². The van der Waals surface area contributed by atoms with Crippen LogP contribution in [0.25, 0.3) is 0 Å². The second-order valence-corrected chi connectivity index (χ2v) is 4.32. The summed E-state index contributed by atoms with van der Waals surface area (Å²) in [5.41, 5.74) is 2.18. The lowest BCUT2D eigenvalue weighted by atomic mass is 9.99. The Hall–Kier alpha value is -2.24. The van der Waals surface area contributed by atoms with Crippen LogP contribution in [0, 0.1) is 0 Å². The van der Waals surface area contributed by atoms with Gasteiger partial charge in [-0.1, -0.05) is 12.1 Å². The van der Waals surface area contributed by atoms with E-state index in [0.29, 0.717) is 13.1 Å². The topological polar surface area (TPSA) is 78.9 Å². The summed E-state index contributed by atoms with van der Waals surface area (Å²) >= 11 is 0. The molecule has 6 heteroatoms. The molecule has 19 heavy (non-hydrogen) atoms. The normalized spacial score (nSPS) is 13.6. The second kappa shape index (κ2) is 5.60. The van der Waals surface area contributed by atoms with Crippen molar-refractivity contribution in [3.63, 3.8) is 0 Å². The number of nitrogens with one attached hydrogen (secondary N) is 1. The summed E-state index contributed by atoms with van der Waals surface area (Å²) in [4.78, 5) is 23.9. The maximum atomic E-state index is 11.9. The van der Waals surface area contributed by atoms with Gasteiger partial charge in [-0.05, 0) is 18.1 Å². The van der Waals surface area contributed by atoms with Gasteiger partial charge in [0.1, 0.15) is 12.3 Å². The van der Waals surface area contributed by atoms with Crippen molar-refractivity contribution in [2.24, 2.45) is 0 Å². The maximum Gasteiger partial charge on any atom is 0.405 e. The van der Waals surface area contributed by atoms with Crippen LogP contribution in [0.3, 0.4) is 0 Å². The molecule has 1 aromatic carbocycles. The first-order valence-electron chi connectivity index (χ1n) is 6.01. The Labute approximate surface area is 111 Å². The molecule has 6 nitrogen and oxygen atoms in total. The van der Waals surface area contributed by atoms with Crippen LogP contribution < -0.4 is 10.1 Å². The van der Waals surface area contributed by atoms with Crippen molar-refractivity contribution < 1.29 is 19.4 Å². The fourth-order valence-electron chi connectivity index (χ4n) is 2.22. The molecule has 1 aromatic rings. The van der Waals surface area contributed by atoms with E-state index in [0.717, 1.165) is 17.7 Å². The molecular weight excluding hydrogens is 248 g/mol. The maximum absolute atomic E-state index is 11.9. The summed E-state index contributed by atoms with van der Waals surface area (Å²) in [5, 5.41) is 10.6. The van der Waals surface area contributed by atoms with Gasteiger partial charge in [0.2, 0.25) is 5.91 Å². The molecule has 0 aliphatic carbocycles. The Kier molecular flexibility index (Phi) is 3.89. The van der Waals surface area contributed by atoms with Crippen LogP contribution in [0.4, 0.5) is 4.79 Å². The zero-order valence-electron chi connectivity index (χ0n) is 10.7. The first-order valence-corrected chi connectivity index (χ1v) is 6.01. The predicted octanol–water partition coefficient (Wildman–Crippen LogP) is 0.848. The zero-order valence-corrected chi connectivity index (χ0v) is 10.7. The van der Waals surface area contributed by atoms with Gasteiger partial charge in [0.05, 0.1) is 7.11 Å². The fourth-order valence-corrected chi connectivity index (χ4v) is 2.22. The van der Waals surface area contributed by atoms with Crippen molar-refractivity contribution >= 4 is 12.0 Å². The minimum Gasteiger partial charge on any atom is -0.496 e. The van der Waals surface area contributed by atoms with Gasteiger partial charge in [-0.25, -0.2) is 4.79 Å². The van der Waals surface area contributed by atoms with Gasteiger partial charge >= 0.3 is 6.09 Å². The van der Waals surface area contributed by atoms with Crippen molar-refractivity contribution in [2.45, 2.75) is 13.0 Å². The second-order valence-electron chi connectivity index (χ2n) is 4.32. The molecule has 2 amide bonds. The fraction of sp³-hybridized carbons (Fsp3) is 0.385. The van der Waals surface area contributed by atoms with Crippen molar-refractivity contribution in [3.8, 4) is 5.75 Å². The summed E-state index contributed by atoms with van der Waals surface area (Å²) in [5.74, 6) is 0.542. The highest BCUT2D eigenvalue weighted by molar-refractivity contribution is 5.82. The van der Waals surface area contributed by atoms with Crippen LogP contribution in [0.15, 0.2) is 18.2 Å². The predicted molar refractivity (Wildman–Crippen MR) is 68.1 cm³/mol. The van der Waals surface area contributed by atoms with E-state index in [4.69, 9.17) is 9.84 Å². The lowest BCUT2D eigenvalue weighted by molar-refractivity contribution is -0.131. The molecule has 2 rings (SSSR count). The third-order valence-corrected chi connectivity index (χ3v) is 3.19. The Morgan fingerprint density at radius 2 is 2.26 bits per heavy atom. The molecule has 0 spiro atoms. The van der Waals surface area contributed by atoms with Crippen molar-refractivity contribution in [3.05, 3.63) is 29.3 Å². The van der Waals surface area contributed by atoms with Gasteiger partial charge < -0.3 is 20.1 Å². The average molecular weight is 264 g/mol. The van der Waals surface area contributed by atoms with E-state index in [1.54, 1.807) is 12.0 Å². The average Bonchev–Trinajstić information content (AvgIpc) is 2.43. The lowest BCUT2D eigenvalue weighted by Gasteiger charge is -2.29. The number of nitrogens with zero attached hydrogens (tertiary/aromatic N) is 1. The number of carbonyl (C=O) groups excluding carboxylic acids is 1. The van der Waals surface area contributed by atoms with Crippen molar-refractivity contribution in [1.29, 1.82) is 0 Å². The Balaban J connectivity index is 2.08. The summed E-state index contributed by atoms with van der Waals surface area (Å²) in [6.07, 6.45) is -0.436. The Bertz CT molecular complexity index is 487. The number of amides is 2. The number of methoxy groups -OCH3 is 1. The van der Waals surface area contributed by atoms with Crippen LogP contribution in [0.5, 0.6) is 5.75 Å². The third kappa shape index (κ3) is 2.96. The summed E-state index contributed by atoms with van der Waals surface area (Å²) in [6, 6.07) is 5.82. The molecule has 102 valence electrons. The molecule has 0 unspecified atom stereocenters. The SMILES string of the molecule is COc1cccc2c1CN(C(=O)CNC(=O)O)CC2. The highest BCUT2D eigenvalue weighted by Crippen LogP contribution is 2.27. The molecule has 0 saturated carbocycles. The molecule has 0 aromatic heterocycles. The number of fused-ring (bicyclic) bond motifs is 1. The van der Waals surface area contributed by atoms with Gasteiger partial charge in [-0.2, -0.15) is 0 Å². The number of hydrogen-bond donors (Lipinski definition) is 2. The van der Waals surface area contributed by atoms with Gasteiger partial charge in [-0.3, -0.25) is 4.79 Å². The van der Waals surface area contributed by atoms with E-state index in [1.807, 2.05) is 18.2 Å². The quantitative estimate of drug-likeness (QED) is 0.848. The van der Waals surface area contributed by atoms with E-state index in [-0.39, 0.29) is 12.5 Å². The standard InChI is InChI=1S/C13H16N2O4/c1-19-11-4-2-3-9-5-6-15(8-10(9)11)12(16)7-14-13(17)18/h2-4,14H,5-8H2,1H3,(H,17,18). The van der Waals surface area contributed by atoms with E-state index in [1.165, 1.54) is 5.56 Å². The largest absolute Gasteiger partial charge is 0.496 e. The lowest BCUT2D eigenvalue weighted by Crippen LogP contribution is -2.42. The minimum absolute atomic E-state index is 0.195. The number of carboxylic acid groups (broad SMARTS) is 1. The van der Waals surface area contributed by atoms with Crippen molar-refractivity contribution in [2.75, 3.05) is 20.2 Å². The Morgan fingerprint density at radius 1 is 1.47 bits per heavy atom. The summed E-state index contributed by atoms with van der Waals surface area (Å²) in [6.45, 7) is 0.861. The highest BCUT2D eigenvalue weighted by Gasteiger charge is 2.23. The first kappa shape index (κ1) is 13.2. The molecule has 0 radical (unpaired) electrons. The molecule has 1 aliphatic heterocycles. The molecule has 2 N–H and O–H groups in total. The summed E-state index contributed by atoms with van der Waals surface area (Å²) < 4.78 is 5.29. The van der Waals surface area contributed by atoms with E-state index >= 15 is 0 Å². The van der Waals surface area contributed by atoms with Crippen LogP contribution >= 0.6 is 0 Å². The van der Waals surface area contributed by atoms with E-state index in [2.05, 4.69) is 5.32 Å². The van der Waals surface area contributed by atoms with Gasteiger partial charge in [-0.15, -0.1) is 0 Å². The highest BCUT2D eigenvalue weighted by atomic mass is 16.5. The first-order chi connectivity index (χ1) is 9.11.